The van der Waals surface area contributed by atoms with Crippen LogP contribution in [0.3, 0.4) is 0 Å². The molecule has 0 aromatic heterocycles. The average Bonchev–Trinajstić information content (AvgIpc) is 2.20. The van der Waals surface area contributed by atoms with Crippen LogP contribution in [0.15, 0.2) is 0 Å². The van der Waals surface area contributed by atoms with Gasteiger partial charge in [0.15, 0.2) is 0 Å². The van der Waals surface area contributed by atoms with Crippen molar-refractivity contribution in [3.8, 4) is 0 Å². The molecular formula is C11H18N2O5. The first-order chi connectivity index (χ1) is 8.41. The summed E-state index contributed by atoms with van der Waals surface area (Å²) in [5.41, 5.74) is 0. The Balaban J connectivity index is 2.46. The summed E-state index contributed by atoms with van der Waals surface area (Å²) in [5, 5.41) is 19.8. The van der Waals surface area contributed by atoms with Crippen molar-refractivity contribution in [1.29, 1.82) is 0 Å². The van der Waals surface area contributed by atoms with E-state index in [1.54, 1.807) is 7.05 Å². The third-order valence-electron chi connectivity index (χ3n) is 3.19. The minimum atomic E-state index is -1.22. The second kappa shape index (κ2) is 6.23. The summed E-state index contributed by atoms with van der Waals surface area (Å²) >= 11 is 0. The van der Waals surface area contributed by atoms with Gasteiger partial charge in [0, 0.05) is 19.5 Å². The van der Waals surface area contributed by atoms with E-state index in [1.807, 2.05) is 0 Å². The van der Waals surface area contributed by atoms with E-state index in [0.29, 0.717) is 0 Å². The minimum absolute atomic E-state index is 0.116. The Morgan fingerprint density at radius 2 is 1.94 bits per heavy atom. The summed E-state index contributed by atoms with van der Waals surface area (Å²) < 4.78 is 0. The van der Waals surface area contributed by atoms with Gasteiger partial charge < -0.3 is 20.4 Å². The zero-order valence-electron chi connectivity index (χ0n) is 10.3. The van der Waals surface area contributed by atoms with E-state index in [1.165, 1.54) is 4.90 Å². The predicted molar refractivity (Wildman–Crippen MR) is 62.2 cm³/mol. The van der Waals surface area contributed by atoms with Gasteiger partial charge in [0.1, 0.15) is 6.04 Å². The number of carboxylic acids is 2. The zero-order valence-corrected chi connectivity index (χ0v) is 10.3. The van der Waals surface area contributed by atoms with Crippen LogP contribution in [0.2, 0.25) is 0 Å². The Morgan fingerprint density at radius 1 is 1.33 bits per heavy atom. The van der Waals surface area contributed by atoms with Gasteiger partial charge in [0.05, 0.1) is 0 Å². The van der Waals surface area contributed by atoms with Crippen LogP contribution in [0.4, 0.5) is 4.79 Å². The number of aliphatic carboxylic acids is 2. The molecule has 0 heterocycles. The van der Waals surface area contributed by atoms with Crippen LogP contribution >= 0.6 is 0 Å². The van der Waals surface area contributed by atoms with Gasteiger partial charge in [-0.15, -0.1) is 0 Å². The summed E-state index contributed by atoms with van der Waals surface area (Å²) in [6.45, 7) is 0. The second-order valence-electron chi connectivity index (χ2n) is 4.47. The van der Waals surface area contributed by atoms with Crippen LogP contribution in [0.5, 0.6) is 0 Å². The highest BCUT2D eigenvalue weighted by Gasteiger charge is 2.28. The molecule has 1 fully saturated rings. The molecule has 0 aliphatic heterocycles. The number of carbonyl (C=O) groups excluding carboxylic acids is 1. The smallest absolute Gasteiger partial charge is 0.326 e. The first-order valence-electron chi connectivity index (χ1n) is 5.89. The number of amides is 2. The van der Waals surface area contributed by atoms with E-state index in [2.05, 4.69) is 5.32 Å². The first-order valence-corrected chi connectivity index (χ1v) is 5.89. The van der Waals surface area contributed by atoms with Gasteiger partial charge in [-0.05, 0) is 25.7 Å². The highest BCUT2D eigenvalue weighted by Crippen LogP contribution is 2.23. The number of carboxylic acid groups (broad SMARTS) is 2. The molecule has 0 bridgehead atoms. The Morgan fingerprint density at radius 3 is 2.33 bits per heavy atom. The Bertz CT molecular complexity index is 340. The van der Waals surface area contributed by atoms with Crippen molar-refractivity contribution in [3.63, 3.8) is 0 Å². The van der Waals surface area contributed by atoms with E-state index >= 15 is 0 Å². The van der Waals surface area contributed by atoms with Crippen molar-refractivity contribution in [2.45, 2.75) is 44.2 Å². The van der Waals surface area contributed by atoms with Crippen molar-refractivity contribution in [3.05, 3.63) is 0 Å². The molecule has 0 spiro atoms. The minimum Gasteiger partial charge on any atom is -0.481 e. The molecule has 0 radical (unpaired) electrons. The summed E-state index contributed by atoms with van der Waals surface area (Å²) in [5.74, 6) is -2.30. The van der Waals surface area contributed by atoms with Crippen molar-refractivity contribution in [2.24, 2.45) is 0 Å². The average molecular weight is 258 g/mol. The largest absolute Gasteiger partial charge is 0.481 e. The number of urea groups is 1. The Kier molecular flexibility index (Phi) is 4.94. The molecule has 3 N–H and O–H groups in total. The number of rotatable bonds is 6. The number of hydrogen-bond acceptors (Lipinski definition) is 3. The van der Waals surface area contributed by atoms with Crippen molar-refractivity contribution in [1.82, 2.24) is 10.2 Å². The first kappa shape index (κ1) is 14.3. The molecule has 1 aliphatic rings. The molecule has 7 heteroatoms. The maximum absolute atomic E-state index is 11.7. The summed E-state index contributed by atoms with van der Waals surface area (Å²) in [4.78, 5) is 34.5. The second-order valence-corrected chi connectivity index (χ2v) is 4.47. The lowest BCUT2D eigenvalue weighted by molar-refractivity contribution is -0.140. The maximum atomic E-state index is 11.7. The lowest BCUT2D eigenvalue weighted by Gasteiger charge is -2.35. The van der Waals surface area contributed by atoms with Gasteiger partial charge in [-0.2, -0.15) is 0 Å². The highest BCUT2D eigenvalue weighted by atomic mass is 16.4. The zero-order chi connectivity index (χ0) is 13.7. The fourth-order valence-electron chi connectivity index (χ4n) is 1.72. The fourth-order valence-corrected chi connectivity index (χ4v) is 1.72. The fraction of sp³-hybridized carbons (Fsp3) is 0.727. The molecule has 2 amide bonds. The standard InChI is InChI=1S/C11H18N2O5/c1-13(7-3-2-4-7)11(18)12-8(10(16)17)5-6-9(14)15/h7-8H,2-6H2,1H3,(H,12,18)(H,14,15)(H,16,17)/t8-/m0/s1. The quantitative estimate of drug-likeness (QED) is 0.643. The topological polar surface area (TPSA) is 107 Å². The molecule has 1 saturated carbocycles. The molecule has 18 heavy (non-hydrogen) atoms. The lowest BCUT2D eigenvalue weighted by Crippen LogP contribution is -2.51. The number of nitrogens with one attached hydrogen (secondary N) is 1. The molecule has 0 saturated heterocycles. The van der Waals surface area contributed by atoms with Crippen LogP contribution in [-0.4, -0.2) is 52.2 Å². The van der Waals surface area contributed by atoms with Gasteiger partial charge >= 0.3 is 18.0 Å². The molecular weight excluding hydrogens is 240 g/mol. The molecule has 0 aromatic carbocycles. The van der Waals surface area contributed by atoms with Crippen LogP contribution in [0, 0.1) is 0 Å². The molecule has 1 rings (SSSR count). The molecule has 102 valence electrons. The van der Waals surface area contributed by atoms with Crippen molar-refractivity contribution < 1.29 is 24.6 Å². The van der Waals surface area contributed by atoms with Gasteiger partial charge in [-0.1, -0.05) is 0 Å². The Hall–Kier alpha value is -1.79. The summed E-state index contributed by atoms with van der Waals surface area (Å²) in [7, 11) is 1.62. The predicted octanol–water partition coefficient (Wildman–Crippen LogP) is 0.498. The summed E-state index contributed by atoms with van der Waals surface area (Å²) in [6, 6.07) is -1.45. The monoisotopic (exact) mass is 258 g/mol. The van der Waals surface area contributed by atoms with Crippen LogP contribution in [0.1, 0.15) is 32.1 Å². The van der Waals surface area contributed by atoms with Crippen LogP contribution in [-0.2, 0) is 9.59 Å². The van der Waals surface area contributed by atoms with Gasteiger partial charge in [0.2, 0.25) is 0 Å². The third-order valence-corrected chi connectivity index (χ3v) is 3.19. The third kappa shape index (κ3) is 3.90. The number of carbonyl (C=O) groups is 3. The van der Waals surface area contributed by atoms with E-state index in [0.717, 1.165) is 19.3 Å². The van der Waals surface area contributed by atoms with Crippen LogP contribution < -0.4 is 5.32 Å². The van der Waals surface area contributed by atoms with Crippen molar-refractivity contribution in [2.75, 3.05) is 7.05 Å². The van der Waals surface area contributed by atoms with E-state index < -0.39 is 24.0 Å². The number of hydrogen-bond donors (Lipinski definition) is 3. The van der Waals surface area contributed by atoms with Gasteiger partial charge in [-0.3, -0.25) is 4.79 Å². The van der Waals surface area contributed by atoms with E-state index in [4.69, 9.17) is 10.2 Å². The molecule has 0 aromatic rings. The highest BCUT2D eigenvalue weighted by molar-refractivity contribution is 5.83. The molecule has 7 nitrogen and oxygen atoms in total. The maximum Gasteiger partial charge on any atom is 0.326 e. The van der Waals surface area contributed by atoms with E-state index in [9.17, 15) is 14.4 Å². The normalized spacial score (nSPS) is 16.5. The van der Waals surface area contributed by atoms with Gasteiger partial charge in [0.25, 0.3) is 0 Å². The molecule has 1 atom stereocenters. The number of nitrogens with zero attached hydrogens (tertiary/aromatic N) is 1. The lowest BCUT2D eigenvalue weighted by atomic mass is 9.92. The van der Waals surface area contributed by atoms with Crippen LogP contribution in [0.25, 0.3) is 0 Å². The summed E-state index contributed by atoms with van der Waals surface area (Å²) in [6.07, 6.45) is 2.52. The van der Waals surface area contributed by atoms with Crippen molar-refractivity contribution >= 4 is 18.0 Å². The molecule has 0 unspecified atom stereocenters. The van der Waals surface area contributed by atoms with E-state index in [-0.39, 0.29) is 18.9 Å². The SMILES string of the molecule is CN(C(=O)N[C@@H](CCC(=O)O)C(=O)O)C1CCC1. The Labute approximate surface area is 105 Å². The molecule has 1 aliphatic carbocycles. The van der Waals surface area contributed by atoms with Gasteiger partial charge in [-0.25, -0.2) is 9.59 Å².